The van der Waals surface area contributed by atoms with Crippen LogP contribution in [0.2, 0.25) is 0 Å². The fourth-order valence-electron chi connectivity index (χ4n) is 0.982. The van der Waals surface area contributed by atoms with Crippen molar-refractivity contribution in [3.8, 4) is 0 Å². The first-order valence-electron chi connectivity index (χ1n) is 3.40. The SMILES string of the molecule is CSc1nc2c(Br)cccc2o1. The molecule has 0 unspecified atom stereocenters. The predicted molar refractivity (Wildman–Crippen MR) is 53.5 cm³/mol. The molecule has 1 aromatic carbocycles. The molecule has 0 aliphatic carbocycles. The Labute approximate surface area is 82.5 Å². The normalized spacial score (nSPS) is 10.8. The maximum absolute atomic E-state index is 5.42. The largest absolute Gasteiger partial charge is 0.431 e. The molecule has 4 heteroatoms. The van der Waals surface area contributed by atoms with Gasteiger partial charge < -0.3 is 4.42 Å². The van der Waals surface area contributed by atoms with Gasteiger partial charge in [0.1, 0.15) is 5.52 Å². The Bertz CT molecular complexity index is 412. The molecule has 1 heterocycles. The molecule has 0 radical (unpaired) electrons. The van der Waals surface area contributed by atoms with E-state index in [1.807, 2.05) is 24.5 Å². The standard InChI is InChI=1S/C8H6BrNOS/c1-12-8-10-7-5(9)3-2-4-6(7)11-8/h2-4H,1H3. The second-order valence-electron chi connectivity index (χ2n) is 2.27. The predicted octanol–water partition coefficient (Wildman–Crippen LogP) is 3.31. The number of hydrogen-bond acceptors (Lipinski definition) is 3. The molecule has 0 bridgehead atoms. The molecule has 0 fully saturated rings. The van der Waals surface area contributed by atoms with E-state index in [1.54, 1.807) is 0 Å². The molecular formula is C8H6BrNOS. The third kappa shape index (κ3) is 1.25. The molecule has 2 rings (SSSR count). The van der Waals surface area contributed by atoms with Gasteiger partial charge in [-0.15, -0.1) is 0 Å². The summed E-state index contributed by atoms with van der Waals surface area (Å²) in [6.07, 6.45) is 1.94. The van der Waals surface area contributed by atoms with Crippen LogP contribution in [0.15, 0.2) is 32.3 Å². The van der Waals surface area contributed by atoms with E-state index in [0.29, 0.717) is 5.22 Å². The first-order valence-corrected chi connectivity index (χ1v) is 5.42. The van der Waals surface area contributed by atoms with Crippen LogP contribution in [0.3, 0.4) is 0 Å². The molecule has 12 heavy (non-hydrogen) atoms. The summed E-state index contributed by atoms with van der Waals surface area (Å²) >= 11 is 4.91. The molecule has 1 aromatic heterocycles. The van der Waals surface area contributed by atoms with Crippen LogP contribution in [0.1, 0.15) is 0 Å². The van der Waals surface area contributed by atoms with Crippen molar-refractivity contribution in [1.29, 1.82) is 0 Å². The van der Waals surface area contributed by atoms with E-state index in [1.165, 1.54) is 11.8 Å². The highest BCUT2D eigenvalue weighted by atomic mass is 79.9. The number of aromatic nitrogens is 1. The Balaban J connectivity index is 2.74. The summed E-state index contributed by atoms with van der Waals surface area (Å²) in [6.45, 7) is 0. The van der Waals surface area contributed by atoms with Gasteiger partial charge >= 0.3 is 0 Å². The van der Waals surface area contributed by atoms with Gasteiger partial charge in [0.25, 0.3) is 5.22 Å². The lowest BCUT2D eigenvalue weighted by Gasteiger charge is -1.86. The number of para-hydroxylation sites is 1. The highest BCUT2D eigenvalue weighted by Crippen LogP contribution is 2.26. The summed E-state index contributed by atoms with van der Waals surface area (Å²) in [5.41, 5.74) is 1.72. The smallest absolute Gasteiger partial charge is 0.256 e. The average molecular weight is 244 g/mol. The van der Waals surface area contributed by atoms with Gasteiger partial charge in [-0.2, -0.15) is 0 Å². The molecule has 62 valence electrons. The van der Waals surface area contributed by atoms with Gasteiger partial charge in [-0.25, -0.2) is 4.98 Å². The number of halogens is 1. The van der Waals surface area contributed by atoms with Crippen LogP contribution >= 0.6 is 27.7 Å². The van der Waals surface area contributed by atoms with Crippen molar-refractivity contribution in [2.75, 3.05) is 6.26 Å². The lowest BCUT2D eigenvalue weighted by Crippen LogP contribution is -1.69. The zero-order valence-electron chi connectivity index (χ0n) is 6.37. The molecule has 0 aliphatic rings. The van der Waals surface area contributed by atoms with Crippen molar-refractivity contribution in [1.82, 2.24) is 4.98 Å². The van der Waals surface area contributed by atoms with Gasteiger partial charge in [0, 0.05) is 4.47 Å². The first kappa shape index (κ1) is 8.13. The molecule has 2 aromatic rings. The third-order valence-corrected chi connectivity index (χ3v) is 2.69. The molecule has 2 nitrogen and oxygen atoms in total. The van der Waals surface area contributed by atoms with Crippen molar-refractivity contribution in [3.05, 3.63) is 22.7 Å². The lowest BCUT2D eigenvalue weighted by molar-refractivity contribution is 0.490. The van der Waals surface area contributed by atoms with Gasteiger partial charge in [-0.05, 0) is 34.3 Å². The Hall–Kier alpha value is -0.480. The maximum atomic E-state index is 5.42. The highest BCUT2D eigenvalue weighted by molar-refractivity contribution is 9.10. The minimum atomic E-state index is 0.705. The summed E-state index contributed by atoms with van der Waals surface area (Å²) in [7, 11) is 0. The van der Waals surface area contributed by atoms with E-state index < -0.39 is 0 Å². The molecule has 0 amide bonds. The molecule has 0 spiro atoms. The molecule has 0 atom stereocenters. The zero-order valence-corrected chi connectivity index (χ0v) is 8.78. The minimum Gasteiger partial charge on any atom is -0.431 e. The van der Waals surface area contributed by atoms with E-state index in [-0.39, 0.29) is 0 Å². The van der Waals surface area contributed by atoms with Crippen LogP contribution in [0.4, 0.5) is 0 Å². The van der Waals surface area contributed by atoms with E-state index in [9.17, 15) is 0 Å². The molecule has 0 aliphatic heterocycles. The number of fused-ring (bicyclic) bond motifs is 1. The van der Waals surface area contributed by atoms with Crippen molar-refractivity contribution in [2.45, 2.75) is 5.22 Å². The Morgan fingerprint density at radius 1 is 1.50 bits per heavy atom. The van der Waals surface area contributed by atoms with Crippen LogP contribution < -0.4 is 0 Å². The van der Waals surface area contributed by atoms with Crippen LogP contribution in [0.25, 0.3) is 11.1 Å². The van der Waals surface area contributed by atoms with Crippen molar-refractivity contribution >= 4 is 38.8 Å². The van der Waals surface area contributed by atoms with Gasteiger partial charge in [0.05, 0.1) is 0 Å². The summed E-state index contributed by atoms with van der Waals surface area (Å²) in [5, 5.41) is 0.705. The molecule has 0 saturated carbocycles. The highest BCUT2D eigenvalue weighted by Gasteiger charge is 2.06. The fraction of sp³-hybridized carbons (Fsp3) is 0.125. The second-order valence-corrected chi connectivity index (χ2v) is 3.88. The summed E-state index contributed by atoms with van der Waals surface area (Å²) in [6, 6.07) is 5.80. The van der Waals surface area contributed by atoms with Gasteiger partial charge in [0.15, 0.2) is 5.58 Å². The monoisotopic (exact) mass is 243 g/mol. The molecule has 0 N–H and O–H groups in total. The number of nitrogens with zero attached hydrogens (tertiary/aromatic N) is 1. The van der Waals surface area contributed by atoms with Gasteiger partial charge in [-0.3, -0.25) is 0 Å². The van der Waals surface area contributed by atoms with Crippen molar-refractivity contribution in [2.24, 2.45) is 0 Å². The second kappa shape index (κ2) is 3.11. The summed E-state index contributed by atoms with van der Waals surface area (Å²) < 4.78 is 6.40. The summed E-state index contributed by atoms with van der Waals surface area (Å²) in [5.74, 6) is 0. The topological polar surface area (TPSA) is 26.0 Å². The number of hydrogen-bond donors (Lipinski definition) is 0. The minimum absolute atomic E-state index is 0.705. The maximum Gasteiger partial charge on any atom is 0.256 e. The van der Waals surface area contributed by atoms with E-state index in [4.69, 9.17) is 4.42 Å². The van der Waals surface area contributed by atoms with Crippen molar-refractivity contribution < 1.29 is 4.42 Å². The Kier molecular flexibility index (Phi) is 2.11. The molecule has 0 saturated heterocycles. The van der Waals surface area contributed by atoms with Crippen LogP contribution in [-0.2, 0) is 0 Å². The quantitative estimate of drug-likeness (QED) is 0.720. The average Bonchev–Trinajstić information content (AvgIpc) is 2.49. The number of thioether (sulfide) groups is 1. The fourth-order valence-corrected chi connectivity index (χ4v) is 1.77. The zero-order chi connectivity index (χ0) is 8.55. The van der Waals surface area contributed by atoms with Gasteiger partial charge in [0.2, 0.25) is 0 Å². The van der Waals surface area contributed by atoms with E-state index in [2.05, 4.69) is 20.9 Å². The number of rotatable bonds is 1. The van der Waals surface area contributed by atoms with Crippen LogP contribution in [-0.4, -0.2) is 11.2 Å². The Morgan fingerprint density at radius 3 is 3.00 bits per heavy atom. The van der Waals surface area contributed by atoms with Crippen LogP contribution in [0.5, 0.6) is 0 Å². The summed E-state index contributed by atoms with van der Waals surface area (Å²) in [4.78, 5) is 4.28. The number of oxazole rings is 1. The number of benzene rings is 1. The van der Waals surface area contributed by atoms with E-state index in [0.717, 1.165) is 15.6 Å². The lowest BCUT2D eigenvalue weighted by atomic mass is 10.3. The van der Waals surface area contributed by atoms with Crippen LogP contribution in [0, 0.1) is 0 Å². The van der Waals surface area contributed by atoms with Gasteiger partial charge in [-0.1, -0.05) is 17.8 Å². The third-order valence-electron chi connectivity index (χ3n) is 1.52. The molecular weight excluding hydrogens is 238 g/mol. The first-order chi connectivity index (χ1) is 5.81. The van der Waals surface area contributed by atoms with Crippen molar-refractivity contribution in [3.63, 3.8) is 0 Å². The van der Waals surface area contributed by atoms with E-state index >= 15 is 0 Å². The Morgan fingerprint density at radius 2 is 2.33 bits per heavy atom.